The van der Waals surface area contributed by atoms with Crippen molar-refractivity contribution < 1.29 is 4.74 Å². The normalized spacial score (nSPS) is 28.1. The monoisotopic (exact) mass is 233 g/mol. The van der Waals surface area contributed by atoms with Crippen molar-refractivity contribution in [2.45, 2.75) is 43.7 Å². The molecule has 1 aromatic rings. The maximum atomic E-state index is 6.16. The summed E-state index contributed by atoms with van der Waals surface area (Å²) in [5.41, 5.74) is 1.15. The molecule has 1 aliphatic heterocycles. The number of ether oxygens (including phenoxy) is 1. The van der Waals surface area contributed by atoms with Crippen molar-refractivity contribution in [1.82, 2.24) is 15.3 Å². The van der Waals surface area contributed by atoms with Crippen LogP contribution in [0.5, 0.6) is 0 Å². The number of hydrogen-bond donors (Lipinski definition) is 1. The van der Waals surface area contributed by atoms with E-state index >= 15 is 0 Å². The molecule has 1 unspecified atom stereocenters. The van der Waals surface area contributed by atoms with Gasteiger partial charge in [0.05, 0.1) is 18.2 Å². The van der Waals surface area contributed by atoms with Crippen molar-refractivity contribution in [3.8, 4) is 0 Å². The summed E-state index contributed by atoms with van der Waals surface area (Å²) in [5, 5.41) is 3.59. The molecule has 17 heavy (non-hydrogen) atoms. The second kappa shape index (κ2) is 4.70. The topological polar surface area (TPSA) is 47.0 Å². The number of nitrogens with one attached hydrogen (secondary N) is 1. The Morgan fingerprint density at radius 3 is 2.71 bits per heavy atom. The summed E-state index contributed by atoms with van der Waals surface area (Å²) in [4.78, 5) is 8.26. The van der Waals surface area contributed by atoms with E-state index < -0.39 is 0 Å². The van der Waals surface area contributed by atoms with Gasteiger partial charge in [-0.2, -0.15) is 0 Å². The van der Waals surface area contributed by atoms with E-state index in [1.54, 1.807) is 6.33 Å². The largest absolute Gasteiger partial charge is 0.372 e. The molecule has 1 aromatic heterocycles. The second-order valence-corrected chi connectivity index (χ2v) is 5.03. The standard InChI is InChI=1S/C13H19N3O/c1-2-4-13(5-3-1)12(16-6-7-17-13)11-8-14-10-15-9-11/h8-10,12,16H,1-7H2. The van der Waals surface area contributed by atoms with Gasteiger partial charge in [0.15, 0.2) is 0 Å². The summed E-state index contributed by atoms with van der Waals surface area (Å²) >= 11 is 0. The number of morpholine rings is 1. The van der Waals surface area contributed by atoms with Gasteiger partial charge in [-0.05, 0) is 12.8 Å². The summed E-state index contributed by atoms with van der Waals surface area (Å²) < 4.78 is 6.16. The average molecular weight is 233 g/mol. The Morgan fingerprint density at radius 2 is 1.94 bits per heavy atom. The zero-order valence-corrected chi connectivity index (χ0v) is 10.1. The van der Waals surface area contributed by atoms with Gasteiger partial charge in [0.1, 0.15) is 6.33 Å². The summed E-state index contributed by atoms with van der Waals surface area (Å²) in [6.07, 6.45) is 11.6. The molecule has 1 saturated heterocycles. The summed E-state index contributed by atoms with van der Waals surface area (Å²) in [6.45, 7) is 1.74. The zero-order valence-electron chi connectivity index (χ0n) is 10.1. The van der Waals surface area contributed by atoms with E-state index in [-0.39, 0.29) is 11.6 Å². The van der Waals surface area contributed by atoms with Gasteiger partial charge in [-0.3, -0.25) is 0 Å². The Hall–Kier alpha value is -1.00. The number of nitrogens with zero attached hydrogens (tertiary/aromatic N) is 2. The van der Waals surface area contributed by atoms with Gasteiger partial charge in [0, 0.05) is 24.5 Å². The van der Waals surface area contributed by atoms with Gasteiger partial charge < -0.3 is 10.1 Å². The molecule has 0 radical (unpaired) electrons. The fraction of sp³-hybridized carbons (Fsp3) is 0.692. The summed E-state index contributed by atoms with van der Waals surface area (Å²) in [6, 6.07) is 0.262. The fourth-order valence-corrected chi connectivity index (χ4v) is 3.19. The molecule has 0 bridgehead atoms. The number of rotatable bonds is 1. The first-order valence-corrected chi connectivity index (χ1v) is 6.53. The molecule has 0 amide bonds. The van der Waals surface area contributed by atoms with Crippen molar-refractivity contribution in [2.24, 2.45) is 0 Å². The van der Waals surface area contributed by atoms with Crippen LogP contribution in [0.4, 0.5) is 0 Å². The van der Waals surface area contributed by atoms with E-state index in [0.717, 1.165) is 31.6 Å². The molecule has 4 heteroatoms. The highest BCUT2D eigenvalue weighted by Crippen LogP contribution is 2.42. The Kier molecular flexibility index (Phi) is 3.07. The summed E-state index contributed by atoms with van der Waals surface area (Å²) in [7, 11) is 0. The first-order chi connectivity index (χ1) is 8.41. The van der Waals surface area contributed by atoms with Crippen LogP contribution >= 0.6 is 0 Å². The molecule has 92 valence electrons. The van der Waals surface area contributed by atoms with E-state index in [1.165, 1.54) is 19.3 Å². The van der Waals surface area contributed by atoms with Crippen LogP contribution in [-0.4, -0.2) is 28.7 Å². The van der Waals surface area contributed by atoms with Crippen LogP contribution in [0.2, 0.25) is 0 Å². The van der Waals surface area contributed by atoms with Crippen molar-refractivity contribution in [3.63, 3.8) is 0 Å². The third-order valence-electron chi connectivity index (χ3n) is 3.98. The minimum atomic E-state index is -0.0127. The first-order valence-electron chi connectivity index (χ1n) is 6.53. The highest BCUT2D eigenvalue weighted by molar-refractivity contribution is 5.17. The second-order valence-electron chi connectivity index (χ2n) is 5.03. The van der Waals surface area contributed by atoms with Crippen LogP contribution in [0.3, 0.4) is 0 Å². The third-order valence-corrected chi connectivity index (χ3v) is 3.98. The highest BCUT2D eigenvalue weighted by Gasteiger charge is 2.43. The van der Waals surface area contributed by atoms with Gasteiger partial charge in [-0.1, -0.05) is 19.3 Å². The van der Waals surface area contributed by atoms with Crippen LogP contribution in [-0.2, 0) is 4.74 Å². The molecular weight excluding hydrogens is 214 g/mol. The van der Waals surface area contributed by atoms with Gasteiger partial charge in [0.2, 0.25) is 0 Å². The molecule has 4 nitrogen and oxygen atoms in total. The lowest BCUT2D eigenvalue weighted by Gasteiger charge is -2.46. The Bertz CT molecular complexity index is 354. The zero-order chi connectivity index (χ0) is 11.6. The van der Waals surface area contributed by atoms with Gasteiger partial charge >= 0.3 is 0 Å². The van der Waals surface area contributed by atoms with Gasteiger partial charge in [-0.15, -0.1) is 0 Å². The van der Waals surface area contributed by atoms with Crippen LogP contribution < -0.4 is 5.32 Å². The van der Waals surface area contributed by atoms with Crippen molar-refractivity contribution >= 4 is 0 Å². The molecule has 2 aliphatic rings. The predicted octanol–water partition coefficient (Wildman–Crippen LogP) is 1.84. The predicted molar refractivity (Wildman–Crippen MR) is 64.5 cm³/mol. The van der Waals surface area contributed by atoms with Crippen molar-refractivity contribution in [1.29, 1.82) is 0 Å². The Morgan fingerprint density at radius 1 is 1.18 bits per heavy atom. The minimum Gasteiger partial charge on any atom is -0.372 e. The van der Waals surface area contributed by atoms with E-state index in [4.69, 9.17) is 4.74 Å². The Labute approximate surface area is 102 Å². The van der Waals surface area contributed by atoms with E-state index in [1.807, 2.05) is 12.4 Å². The van der Waals surface area contributed by atoms with Crippen LogP contribution in [0.1, 0.15) is 43.7 Å². The molecule has 2 heterocycles. The molecule has 2 fully saturated rings. The van der Waals surface area contributed by atoms with Crippen LogP contribution in [0.15, 0.2) is 18.7 Å². The average Bonchev–Trinajstić information content (AvgIpc) is 2.41. The summed E-state index contributed by atoms with van der Waals surface area (Å²) in [5.74, 6) is 0. The lowest BCUT2D eigenvalue weighted by atomic mass is 9.76. The van der Waals surface area contributed by atoms with Crippen molar-refractivity contribution in [3.05, 3.63) is 24.3 Å². The lowest BCUT2D eigenvalue weighted by Crippen LogP contribution is -2.53. The SMILES string of the molecule is c1ncc(C2NCCOC23CCCCC3)cn1. The van der Waals surface area contributed by atoms with Gasteiger partial charge in [0.25, 0.3) is 0 Å². The Balaban J connectivity index is 1.89. The molecular formula is C13H19N3O. The maximum absolute atomic E-state index is 6.16. The lowest BCUT2D eigenvalue weighted by molar-refractivity contribution is -0.119. The maximum Gasteiger partial charge on any atom is 0.115 e. The third kappa shape index (κ3) is 2.07. The quantitative estimate of drug-likeness (QED) is 0.804. The molecule has 0 aromatic carbocycles. The highest BCUT2D eigenvalue weighted by atomic mass is 16.5. The van der Waals surface area contributed by atoms with E-state index in [9.17, 15) is 0 Å². The fourth-order valence-electron chi connectivity index (χ4n) is 3.19. The van der Waals surface area contributed by atoms with Crippen molar-refractivity contribution in [2.75, 3.05) is 13.2 Å². The molecule has 1 atom stereocenters. The molecule has 3 rings (SSSR count). The smallest absolute Gasteiger partial charge is 0.115 e. The molecule has 1 N–H and O–H groups in total. The van der Waals surface area contributed by atoms with E-state index in [2.05, 4.69) is 15.3 Å². The molecule has 1 aliphatic carbocycles. The number of hydrogen-bond acceptors (Lipinski definition) is 4. The number of aromatic nitrogens is 2. The minimum absolute atomic E-state index is 0.0127. The van der Waals surface area contributed by atoms with Gasteiger partial charge in [-0.25, -0.2) is 9.97 Å². The first kappa shape index (κ1) is 11.1. The van der Waals surface area contributed by atoms with Crippen LogP contribution in [0.25, 0.3) is 0 Å². The molecule has 1 saturated carbocycles. The van der Waals surface area contributed by atoms with Crippen LogP contribution in [0, 0.1) is 0 Å². The molecule has 1 spiro atoms. The van der Waals surface area contributed by atoms with E-state index in [0.29, 0.717) is 0 Å².